The van der Waals surface area contributed by atoms with Crippen molar-refractivity contribution in [2.24, 2.45) is 5.92 Å². The van der Waals surface area contributed by atoms with E-state index in [9.17, 15) is 0 Å². The minimum absolute atomic E-state index is 0.840. The van der Waals surface area contributed by atoms with Gasteiger partial charge in [0, 0.05) is 20.1 Å². The lowest BCUT2D eigenvalue weighted by atomic mass is 10.1. The second-order valence-electron chi connectivity index (χ2n) is 5.96. The van der Waals surface area contributed by atoms with Crippen LogP contribution in [0.1, 0.15) is 44.6 Å². The smallest absolute Gasteiger partial charge is 0.0642 e. The number of hydrogen-bond acceptors (Lipinski definition) is 2. The van der Waals surface area contributed by atoms with Crippen LogP contribution in [0.4, 0.5) is 5.69 Å². The fourth-order valence-corrected chi connectivity index (χ4v) is 3.54. The molecule has 0 heterocycles. The average Bonchev–Trinajstić information content (AvgIpc) is 2.92. The van der Waals surface area contributed by atoms with Crippen LogP contribution in [-0.2, 0) is 6.54 Å². The first-order valence-electron chi connectivity index (χ1n) is 7.91. The molecule has 2 rings (SSSR count). The summed E-state index contributed by atoms with van der Waals surface area (Å²) in [6, 6.07) is 6.25. The molecule has 0 bridgehead atoms. The summed E-state index contributed by atoms with van der Waals surface area (Å²) in [5.41, 5.74) is 2.52. The van der Waals surface area contributed by atoms with Crippen molar-refractivity contribution >= 4 is 17.3 Å². The molecule has 1 aliphatic rings. The van der Waals surface area contributed by atoms with Gasteiger partial charge in [-0.15, -0.1) is 0 Å². The molecule has 3 heteroatoms. The number of nitrogens with zero attached hydrogens (tertiary/aromatic N) is 1. The van der Waals surface area contributed by atoms with Crippen molar-refractivity contribution in [3.63, 3.8) is 0 Å². The summed E-state index contributed by atoms with van der Waals surface area (Å²) in [5, 5.41) is 4.36. The number of hydrogen-bond donors (Lipinski definition) is 1. The summed E-state index contributed by atoms with van der Waals surface area (Å²) in [6.07, 6.45) is 6.70. The highest BCUT2D eigenvalue weighted by atomic mass is 35.5. The predicted molar refractivity (Wildman–Crippen MR) is 88.7 cm³/mol. The maximum absolute atomic E-state index is 6.45. The summed E-state index contributed by atoms with van der Waals surface area (Å²) >= 11 is 6.45. The third kappa shape index (κ3) is 4.13. The van der Waals surface area contributed by atoms with Crippen LogP contribution >= 0.6 is 11.6 Å². The van der Waals surface area contributed by atoms with Gasteiger partial charge in [-0.3, -0.25) is 0 Å². The van der Waals surface area contributed by atoms with E-state index < -0.39 is 0 Å². The zero-order chi connectivity index (χ0) is 14.4. The average molecular weight is 295 g/mol. The number of anilines is 1. The molecule has 1 aromatic carbocycles. The quantitative estimate of drug-likeness (QED) is 0.747. The lowest BCUT2D eigenvalue weighted by Gasteiger charge is -2.26. The number of nitrogens with one attached hydrogen (secondary N) is 1. The van der Waals surface area contributed by atoms with Gasteiger partial charge in [-0.1, -0.05) is 43.5 Å². The number of benzene rings is 1. The third-order valence-corrected chi connectivity index (χ3v) is 4.51. The minimum atomic E-state index is 0.840. The van der Waals surface area contributed by atoms with E-state index in [0.29, 0.717) is 0 Å². The molecule has 0 atom stereocenters. The fraction of sp³-hybridized carbons (Fsp3) is 0.647. The topological polar surface area (TPSA) is 15.3 Å². The van der Waals surface area contributed by atoms with Gasteiger partial charge in [-0.2, -0.15) is 0 Å². The van der Waals surface area contributed by atoms with Crippen LogP contribution in [0.25, 0.3) is 0 Å². The van der Waals surface area contributed by atoms with E-state index in [1.807, 2.05) is 6.07 Å². The molecule has 1 aromatic rings. The molecule has 0 unspecified atom stereocenters. The zero-order valence-corrected chi connectivity index (χ0v) is 13.5. The van der Waals surface area contributed by atoms with Crippen molar-refractivity contribution in [3.8, 4) is 0 Å². The molecule has 2 nitrogen and oxygen atoms in total. The van der Waals surface area contributed by atoms with Crippen LogP contribution in [0.5, 0.6) is 0 Å². The lowest BCUT2D eigenvalue weighted by Crippen LogP contribution is -2.26. The summed E-state index contributed by atoms with van der Waals surface area (Å²) in [7, 11) is 2.18. The van der Waals surface area contributed by atoms with Crippen LogP contribution in [0.3, 0.4) is 0 Å². The van der Waals surface area contributed by atoms with Crippen molar-refractivity contribution in [1.82, 2.24) is 5.32 Å². The lowest BCUT2D eigenvalue weighted by molar-refractivity contribution is 0.546. The normalized spacial score (nSPS) is 15.8. The molecule has 1 saturated carbocycles. The number of rotatable bonds is 7. The van der Waals surface area contributed by atoms with E-state index in [0.717, 1.165) is 37.0 Å². The van der Waals surface area contributed by atoms with Gasteiger partial charge in [0.2, 0.25) is 0 Å². The Morgan fingerprint density at radius 2 is 2.05 bits per heavy atom. The van der Waals surface area contributed by atoms with E-state index in [1.165, 1.54) is 36.9 Å². The molecule has 1 N–H and O–H groups in total. The van der Waals surface area contributed by atoms with Gasteiger partial charge in [0.25, 0.3) is 0 Å². The fourth-order valence-electron chi connectivity index (χ4n) is 3.20. The van der Waals surface area contributed by atoms with Crippen molar-refractivity contribution in [3.05, 3.63) is 28.8 Å². The minimum Gasteiger partial charge on any atom is -0.373 e. The largest absolute Gasteiger partial charge is 0.373 e. The monoisotopic (exact) mass is 294 g/mol. The first-order valence-corrected chi connectivity index (χ1v) is 8.29. The van der Waals surface area contributed by atoms with E-state index in [2.05, 4.69) is 36.3 Å². The molecule has 112 valence electrons. The Kier molecular flexibility index (Phi) is 6.18. The zero-order valence-electron chi connectivity index (χ0n) is 12.8. The van der Waals surface area contributed by atoms with E-state index >= 15 is 0 Å². The Bertz CT molecular complexity index is 413. The third-order valence-electron chi connectivity index (χ3n) is 4.20. The van der Waals surface area contributed by atoms with E-state index in [4.69, 9.17) is 11.6 Å². The number of para-hydroxylation sites is 1. The SMILES string of the molecule is CCCNCc1cccc(Cl)c1N(C)CC1CCCC1. The Labute approximate surface area is 128 Å². The highest BCUT2D eigenvalue weighted by Crippen LogP contribution is 2.32. The Morgan fingerprint density at radius 1 is 1.30 bits per heavy atom. The molecule has 0 aliphatic heterocycles. The van der Waals surface area contributed by atoms with Crippen molar-refractivity contribution < 1.29 is 0 Å². The number of halogens is 1. The summed E-state index contributed by atoms with van der Waals surface area (Å²) in [6.45, 7) is 5.28. The van der Waals surface area contributed by atoms with E-state index in [-0.39, 0.29) is 0 Å². The second kappa shape index (κ2) is 7.90. The summed E-state index contributed by atoms with van der Waals surface area (Å²) in [5.74, 6) is 0.840. The molecule has 0 amide bonds. The van der Waals surface area contributed by atoms with Crippen LogP contribution in [0, 0.1) is 5.92 Å². The molecule has 0 radical (unpaired) electrons. The Balaban J connectivity index is 2.06. The Morgan fingerprint density at radius 3 is 2.75 bits per heavy atom. The van der Waals surface area contributed by atoms with Gasteiger partial charge in [0.15, 0.2) is 0 Å². The first kappa shape index (κ1) is 15.7. The predicted octanol–water partition coefficient (Wildman–Crippen LogP) is 4.47. The summed E-state index contributed by atoms with van der Waals surface area (Å²) in [4.78, 5) is 2.36. The molecule has 0 spiro atoms. The maximum atomic E-state index is 6.45. The maximum Gasteiger partial charge on any atom is 0.0642 e. The molecular formula is C17H27ClN2. The van der Waals surface area contributed by atoms with Crippen LogP contribution in [0.15, 0.2) is 18.2 Å². The summed E-state index contributed by atoms with van der Waals surface area (Å²) < 4.78 is 0. The second-order valence-corrected chi connectivity index (χ2v) is 6.36. The van der Waals surface area contributed by atoms with Gasteiger partial charge >= 0.3 is 0 Å². The standard InChI is InChI=1S/C17H27ClN2/c1-3-11-19-12-15-9-6-10-16(18)17(15)20(2)13-14-7-4-5-8-14/h6,9-10,14,19H,3-5,7-8,11-13H2,1-2H3. The molecule has 0 aromatic heterocycles. The van der Waals surface area contributed by atoms with Gasteiger partial charge in [0.1, 0.15) is 0 Å². The van der Waals surface area contributed by atoms with Gasteiger partial charge in [0.05, 0.1) is 10.7 Å². The van der Waals surface area contributed by atoms with Crippen molar-refractivity contribution in [2.75, 3.05) is 25.0 Å². The van der Waals surface area contributed by atoms with Crippen molar-refractivity contribution in [1.29, 1.82) is 0 Å². The van der Waals surface area contributed by atoms with Crippen LogP contribution in [-0.4, -0.2) is 20.1 Å². The Hall–Kier alpha value is -0.730. The van der Waals surface area contributed by atoms with Gasteiger partial charge < -0.3 is 10.2 Å². The van der Waals surface area contributed by atoms with Crippen molar-refractivity contribution in [2.45, 2.75) is 45.6 Å². The van der Waals surface area contributed by atoms with Crippen LogP contribution < -0.4 is 10.2 Å². The highest BCUT2D eigenvalue weighted by molar-refractivity contribution is 6.33. The van der Waals surface area contributed by atoms with Crippen LogP contribution in [0.2, 0.25) is 5.02 Å². The van der Waals surface area contributed by atoms with E-state index in [1.54, 1.807) is 0 Å². The molecule has 1 fully saturated rings. The first-order chi connectivity index (χ1) is 9.72. The van der Waals surface area contributed by atoms with Gasteiger partial charge in [-0.05, 0) is 43.4 Å². The highest BCUT2D eigenvalue weighted by Gasteiger charge is 2.19. The van der Waals surface area contributed by atoms with Gasteiger partial charge in [-0.25, -0.2) is 0 Å². The molecule has 20 heavy (non-hydrogen) atoms. The molecule has 1 aliphatic carbocycles. The molecular weight excluding hydrogens is 268 g/mol. The molecule has 0 saturated heterocycles.